The Morgan fingerprint density at radius 2 is 1.90 bits per heavy atom. The summed E-state index contributed by atoms with van der Waals surface area (Å²) in [4.78, 5) is 11.5. The van der Waals surface area contributed by atoms with Gasteiger partial charge >= 0.3 is 6.09 Å². The molecule has 0 spiro atoms. The SMILES string of the molecule is CC(C)(C)OC(=O)NC1CC(NCCCS(N)(=O)=O)C1. The van der Waals surface area contributed by atoms with Gasteiger partial charge in [0.1, 0.15) is 5.60 Å². The zero-order valence-corrected chi connectivity index (χ0v) is 13.1. The Bertz CT molecular complexity index is 424. The fraction of sp³-hybridized carbons (Fsp3) is 0.917. The van der Waals surface area contributed by atoms with Gasteiger partial charge < -0.3 is 15.4 Å². The first-order chi connectivity index (χ1) is 9.05. The Morgan fingerprint density at radius 1 is 1.30 bits per heavy atom. The number of ether oxygens (including phenoxy) is 1. The molecule has 0 aromatic carbocycles. The van der Waals surface area contributed by atoms with Gasteiger partial charge in [-0.3, -0.25) is 0 Å². The largest absolute Gasteiger partial charge is 0.444 e. The van der Waals surface area contributed by atoms with E-state index in [1.54, 1.807) is 0 Å². The molecular formula is C12H25N3O4S. The van der Waals surface area contributed by atoms with Crippen LogP contribution < -0.4 is 15.8 Å². The molecule has 0 aromatic rings. The summed E-state index contributed by atoms with van der Waals surface area (Å²) in [6.45, 7) is 6.08. The molecule has 0 aromatic heterocycles. The monoisotopic (exact) mass is 307 g/mol. The third kappa shape index (κ3) is 7.66. The summed E-state index contributed by atoms with van der Waals surface area (Å²) in [6.07, 6.45) is 1.76. The van der Waals surface area contributed by atoms with E-state index in [0.29, 0.717) is 19.0 Å². The molecule has 0 atom stereocenters. The van der Waals surface area contributed by atoms with Gasteiger partial charge in [-0.15, -0.1) is 0 Å². The van der Waals surface area contributed by atoms with Crippen molar-refractivity contribution in [2.24, 2.45) is 5.14 Å². The number of alkyl carbamates (subject to hydrolysis) is 1. The highest BCUT2D eigenvalue weighted by Gasteiger charge is 2.31. The van der Waals surface area contributed by atoms with Crippen molar-refractivity contribution < 1.29 is 17.9 Å². The molecule has 1 aliphatic carbocycles. The molecule has 1 saturated carbocycles. The molecule has 4 N–H and O–H groups in total. The van der Waals surface area contributed by atoms with Crippen LogP contribution in [0.15, 0.2) is 0 Å². The molecular weight excluding hydrogens is 282 g/mol. The van der Waals surface area contributed by atoms with Gasteiger partial charge in [0.2, 0.25) is 10.0 Å². The van der Waals surface area contributed by atoms with E-state index in [4.69, 9.17) is 9.88 Å². The molecule has 118 valence electrons. The minimum atomic E-state index is -3.37. The Labute approximate surface area is 120 Å². The van der Waals surface area contributed by atoms with Crippen LogP contribution in [0, 0.1) is 0 Å². The van der Waals surface area contributed by atoms with Crippen LogP contribution in [0.5, 0.6) is 0 Å². The van der Waals surface area contributed by atoms with Crippen LogP contribution in [-0.4, -0.2) is 44.5 Å². The van der Waals surface area contributed by atoms with E-state index in [9.17, 15) is 13.2 Å². The quantitative estimate of drug-likeness (QED) is 0.612. The van der Waals surface area contributed by atoms with E-state index in [2.05, 4.69) is 10.6 Å². The lowest BCUT2D eigenvalue weighted by Gasteiger charge is -2.36. The fourth-order valence-corrected chi connectivity index (χ4v) is 2.50. The highest BCUT2D eigenvalue weighted by Crippen LogP contribution is 2.20. The van der Waals surface area contributed by atoms with Gasteiger partial charge in [-0.2, -0.15) is 0 Å². The van der Waals surface area contributed by atoms with Crippen LogP contribution in [-0.2, 0) is 14.8 Å². The third-order valence-electron chi connectivity index (χ3n) is 2.90. The van der Waals surface area contributed by atoms with E-state index in [1.807, 2.05) is 20.8 Å². The van der Waals surface area contributed by atoms with Crippen LogP contribution >= 0.6 is 0 Å². The summed E-state index contributed by atoms with van der Waals surface area (Å²) in [5.74, 6) is -0.00763. The number of hydrogen-bond donors (Lipinski definition) is 3. The maximum absolute atomic E-state index is 11.5. The lowest BCUT2D eigenvalue weighted by molar-refractivity contribution is 0.0465. The average molecular weight is 307 g/mol. The molecule has 0 radical (unpaired) electrons. The van der Waals surface area contributed by atoms with Crippen LogP contribution in [0.3, 0.4) is 0 Å². The number of amides is 1. The highest BCUT2D eigenvalue weighted by molar-refractivity contribution is 7.89. The predicted molar refractivity (Wildman–Crippen MR) is 76.8 cm³/mol. The van der Waals surface area contributed by atoms with Gasteiger partial charge in [0.15, 0.2) is 0 Å². The van der Waals surface area contributed by atoms with Crippen molar-refractivity contribution in [3.63, 3.8) is 0 Å². The number of sulfonamides is 1. The standard InChI is InChI=1S/C12H25N3O4S/c1-12(2,3)19-11(16)15-10-7-9(8-10)14-5-4-6-20(13,17)18/h9-10,14H,4-8H2,1-3H3,(H,15,16)(H2,13,17,18). The minimum absolute atomic E-state index is 0.00763. The first kappa shape index (κ1) is 17.2. The molecule has 0 aliphatic heterocycles. The van der Waals surface area contributed by atoms with Crippen molar-refractivity contribution in [1.82, 2.24) is 10.6 Å². The van der Waals surface area contributed by atoms with E-state index < -0.39 is 21.7 Å². The first-order valence-electron chi connectivity index (χ1n) is 6.78. The Morgan fingerprint density at radius 3 is 2.40 bits per heavy atom. The van der Waals surface area contributed by atoms with Crippen LogP contribution in [0.25, 0.3) is 0 Å². The summed E-state index contributed by atoms with van der Waals surface area (Å²) in [6, 6.07) is 0.441. The molecule has 1 amide bonds. The van der Waals surface area contributed by atoms with Crippen LogP contribution in [0.1, 0.15) is 40.0 Å². The van der Waals surface area contributed by atoms with Crippen molar-refractivity contribution in [2.75, 3.05) is 12.3 Å². The second kappa shape index (κ2) is 6.73. The second-order valence-corrected chi connectivity index (χ2v) is 7.92. The maximum atomic E-state index is 11.5. The molecule has 8 heteroatoms. The van der Waals surface area contributed by atoms with Crippen LogP contribution in [0.4, 0.5) is 4.79 Å². The molecule has 20 heavy (non-hydrogen) atoms. The maximum Gasteiger partial charge on any atom is 0.407 e. The number of nitrogens with two attached hydrogens (primary N) is 1. The van der Waals surface area contributed by atoms with Gasteiger partial charge in [0.25, 0.3) is 0 Å². The third-order valence-corrected chi connectivity index (χ3v) is 3.76. The second-order valence-electron chi connectivity index (χ2n) is 6.19. The van der Waals surface area contributed by atoms with Gasteiger partial charge in [0.05, 0.1) is 5.75 Å². The van der Waals surface area contributed by atoms with E-state index in [-0.39, 0.29) is 11.8 Å². The van der Waals surface area contributed by atoms with E-state index in [0.717, 1.165) is 12.8 Å². The molecule has 0 heterocycles. The lowest BCUT2D eigenvalue weighted by atomic mass is 9.87. The van der Waals surface area contributed by atoms with Crippen molar-refractivity contribution in [3.8, 4) is 0 Å². The van der Waals surface area contributed by atoms with Gasteiger partial charge in [-0.1, -0.05) is 0 Å². The summed E-state index contributed by atoms with van der Waals surface area (Å²) < 4.78 is 26.6. The fourth-order valence-electron chi connectivity index (χ4n) is 1.96. The van der Waals surface area contributed by atoms with Crippen LogP contribution in [0.2, 0.25) is 0 Å². The lowest BCUT2D eigenvalue weighted by Crippen LogP contribution is -2.53. The zero-order chi connectivity index (χ0) is 15.4. The Balaban J connectivity index is 2.07. The van der Waals surface area contributed by atoms with Gasteiger partial charge in [0, 0.05) is 12.1 Å². The first-order valence-corrected chi connectivity index (χ1v) is 8.50. The molecule has 1 rings (SSSR count). The van der Waals surface area contributed by atoms with Gasteiger partial charge in [-0.05, 0) is 46.6 Å². The Hall–Kier alpha value is -0.860. The summed E-state index contributed by atoms with van der Waals surface area (Å²) in [5, 5.41) is 10.9. The minimum Gasteiger partial charge on any atom is -0.444 e. The average Bonchev–Trinajstić information content (AvgIpc) is 2.15. The highest BCUT2D eigenvalue weighted by atomic mass is 32.2. The molecule has 0 bridgehead atoms. The summed E-state index contributed by atoms with van der Waals surface area (Å²) in [5.41, 5.74) is -0.487. The number of primary sulfonamides is 1. The molecule has 7 nitrogen and oxygen atoms in total. The summed E-state index contributed by atoms with van der Waals surface area (Å²) in [7, 11) is -3.37. The zero-order valence-electron chi connectivity index (χ0n) is 12.3. The molecule has 1 fully saturated rings. The number of rotatable bonds is 6. The predicted octanol–water partition coefficient (Wildman–Crippen LogP) is 0.310. The molecule has 0 unspecified atom stereocenters. The molecule has 1 aliphatic rings. The van der Waals surface area contributed by atoms with E-state index in [1.165, 1.54) is 0 Å². The van der Waals surface area contributed by atoms with Crippen molar-refractivity contribution in [3.05, 3.63) is 0 Å². The van der Waals surface area contributed by atoms with E-state index >= 15 is 0 Å². The van der Waals surface area contributed by atoms with Crippen molar-refractivity contribution in [1.29, 1.82) is 0 Å². The van der Waals surface area contributed by atoms with Crippen molar-refractivity contribution >= 4 is 16.1 Å². The molecule has 0 saturated heterocycles. The normalized spacial score (nSPS) is 23.0. The number of hydrogen-bond acceptors (Lipinski definition) is 5. The smallest absolute Gasteiger partial charge is 0.407 e. The number of nitrogens with one attached hydrogen (secondary N) is 2. The summed E-state index contributed by atoms with van der Waals surface area (Å²) >= 11 is 0. The van der Waals surface area contributed by atoms with Gasteiger partial charge in [-0.25, -0.2) is 18.4 Å². The number of carbonyl (C=O) groups is 1. The van der Waals surface area contributed by atoms with Crippen molar-refractivity contribution in [2.45, 2.75) is 57.7 Å². The number of carbonyl (C=O) groups excluding carboxylic acids is 1. The topological polar surface area (TPSA) is 111 Å². The Kier molecular flexibility index (Phi) is 5.79.